The number of para-hydroxylation sites is 2. The highest BCUT2D eigenvalue weighted by molar-refractivity contribution is 5.81. The van der Waals surface area contributed by atoms with Gasteiger partial charge in [-0.3, -0.25) is 4.79 Å². The summed E-state index contributed by atoms with van der Waals surface area (Å²) >= 11 is 0. The molecule has 1 amide bonds. The molecule has 1 unspecified atom stereocenters. The zero-order valence-electron chi connectivity index (χ0n) is 18.5. The van der Waals surface area contributed by atoms with Crippen LogP contribution in [0, 0.1) is 6.92 Å². The Morgan fingerprint density at radius 1 is 0.938 bits per heavy atom. The molecule has 1 aromatic heterocycles. The van der Waals surface area contributed by atoms with Crippen molar-refractivity contribution in [1.82, 2.24) is 14.5 Å². The van der Waals surface area contributed by atoms with Crippen LogP contribution in [0.1, 0.15) is 34.9 Å². The number of hydrogen-bond acceptors (Lipinski definition) is 3. The molecule has 5 nitrogen and oxygen atoms in total. The summed E-state index contributed by atoms with van der Waals surface area (Å²) in [6.07, 6.45) is 0.493. The van der Waals surface area contributed by atoms with Gasteiger partial charge in [0, 0.05) is 32.0 Å². The van der Waals surface area contributed by atoms with Gasteiger partial charge in [-0.15, -0.1) is 0 Å². The molecule has 1 atom stereocenters. The molecule has 3 aromatic carbocycles. The molecule has 4 aromatic rings. The molecule has 1 aliphatic heterocycles. The van der Waals surface area contributed by atoms with Crippen molar-refractivity contribution < 1.29 is 9.53 Å². The largest absolute Gasteiger partial charge is 0.497 e. The average Bonchev–Trinajstić information content (AvgIpc) is 3.36. The Kier molecular flexibility index (Phi) is 5.39. The van der Waals surface area contributed by atoms with E-state index in [1.807, 2.05) is 35.2 Å². The number of aryl methyl sites for hydroxylation is 1. The van der Waals surface area contributed by atoms with E-state index in [4.69, 9.17) is 9.72 Å². The number of carbonyl (C=O) groups excluding carboxylic acids is 1. The Balaban J connectivity index is 1.42. The van der Waals surface area contributed by atoms with E-state index in [0.29, 0.717) is 19.5 Å². The predicted octanol–water partition coefficient (Wildman–Crippen LogP) is 4.92. The number of carbonyl (C=O) groups is 1. The number of fused-ring (bicyclic) bond motifs is 1. The minimum absolute atomic E-state index is 0.0820. The normalized spacial score (nSPS) is 16.1. The van der Waals surface area contributed by atoms with Crippen molar-refractivity contribution in [2.24, 2.45) is 0 Å². The first-order chi connectivity index (χ1) is 15.6. The Labute approximate surface area is 188 Å². The number of aromatic nitrogens is 2. The molecule has 0 spiro atoms. The summed E-state index contributed by atoms with van der Waals surface area (Å²) in [6.45, 7) is 4.14. The fourth-order valence-corrected chi connectivity index (χ4v) is 4.50. The maximum absolute atomic E-state index is 12.9. The highest BCUT2D eigenvalue weighted by Crippen LogP contribution is 2.32. The number of methoxy groups -OCH3 is 1. The molecule has 0 saturated carbocycles. The fourth-order valence-electron chi connectivity index (χ4n) is 4.50. The first kappa shape index (κ1) is 20.3. The van der Waals surface area contributed by atoms with Gasteiger partial charge >= 0.3 is 0 Å². The van der Waals surface area contributed by atoms with E-state index >= 15 is 0 Å². The molecule has 1 fully saturated rings. The van der Waals surface area contributed by atoms with Gasteiger partial charge in [-0.05, 0) is 42.3 Å². The number of imidazole rings is 1. The molecule has 1 aliphatic rings. The number of rotatable bonds is 6. The lowest BCUT2D eigenvalue weighted by molar-refractivity contribution is -0.128. The van der Waals surface area contributed by atoms with Gasteiger partial charge in [-0.25, -0.2) is 4.98 Å². The van der Waals surface area contributed by atoms with E-state index in [0.717, 1.165) is 34.7 Å². The quantitative estimate of drug-likeness (QED) is 0.441. The lowest BCUT2D eigenvalue weighted by atomic mass is 10.1. The molecule has 1 saturated heterocycles. The predicted molar refractivity (Wildman–Crippen MR) is 126 cm³/mol. The number of amides is 1. The van der Waals surface area contributed by atoms with Crippen LogP contribution in [-0.4, -0.2) is 34.0 Å². The summed E-state index contributed by atoms with van der Waals surface area (Å²) in [5, 5.41) is 0. The number of nitrogens with zero attached hydrogens (tertiary/aromatic N) is 3. The topological polar surface area (TPSA) is 47.4 Å². The van der Waals surface area contributed by atoms with Crippen molar-refractivity contribution in [3.05, 3.63) is 95.3 Å². The molecular formula is C27H27N3O2. The molecule has 0 N–H and O–H groups in total. The van der Waals surface area contributed by atoms with Crippen LogP contribution in [0.15, 0.2) is 72.8 Å². The van der Waals surface area contributed by atoms with Gasteiger partial charge < -0.3 is 14.2 Å². The van der Waals surface area contributed by atoms with E-state index in [2.05, 4.69) is 54.0 Å². The summed E-state index contributed by atoms with van der Waals surface area (Å²) in [4.78, 5) is 19.8. The Hall–Kier alpha value is -3.60. The summed E-state index contributed by atoms with van der Waals surface area (Å²) < 4.78 is 7.53. The molecule has 0 aliphatic carbocycles. The van der Waals surface area contributed by atoms with Crippen LogP contribution in [0.3, 0.4) is 0 Å². The van der Waals surface area contributed by atoms with Gasteiger partial charge in [0.15, 0.2) is 0 Å². The van der Waals surface area contributed by atoms with E-state index in [1.165, 1.54) is 11.1 Å². The van der Waals surface area contributed by atoms with Crippen molar-refractivity contribution in [2.45, 2.75) is 32.4 Å². The van der Waals surface area contributed by atoms with Crippen molar-refractivity contribution in [3.63, 3.8) is 0 Å². The van der Waals surface area contributed by atoms with E-state index in [-0.39, 0.29) is 11.8 Å². The lowest BCUT2D eigenvalue weighted by Crippen LogP contribution is -2.24. The van der Waals surface area contributed by atoms with Crippen LogP contribution in [0.25, 0.3) is 11.0 Å². The maximum Gasteiger partial charge on any atom is 0.223 e. The third-order valence-corrected chi connectivity index (χ3v) is 6.26. The van der Waals surface area contributed by atoms with E-state index < -0.39 is 0 Å². The van der Waals surface area contributed by atoms with Crippen LogP contribution in [0.4, 0.5) is 0 Å². The highest BCUT2D eigenvalue weighted by atomic mass is 16.5. The second kappa shape index (κ2) is 8.50. The van der Waals surface area contributed by atoms with Crippen molar-refractivity contribution in [3.8, 4) is 5.75 Å². The summed E-state index contributed by atoms with van der Waals surface area (Å²) in [5.41, 5.74) is 5.69. The van der Waals surface area contributed by atoms with Crippen LogP contribution < -0.4 is 4.74 Å². The Morgan fingerprint density at radius 2 is 1.62 bits per heavy atom. The fraction of sp³-hybridized carbons (Fsp3) is 0.259. The monoisotopic (exact) mass is 425 g/mol. The molecule has 32 heavy (non-hydrogen) atoms. The van der Waals surface area contributed by atoms with Crippen LogP contribution in [0.5, 0.6) is 5.75 Å². The molecule has 162 valence electrons. The van der Waals surface area contributed by atoms with Crippen LogP contribution >= 0.6 is 0 Å². The van der Waals surface area contributed by atoms with Gasteiger partial charge in [-0.1, -0.05) is 54.1 Å². The van der Waals surface area contributed by atoms with Crippen LogP contribution in [0.2, 0.25) is 0 Å². The average molecular weight is 426 g/mol. The third kappa shape index (κ3) is 3.98. The Bertz CT molecular complexity index is 1240. The van der Waals surface area contributed by atoms with Gasteiger partial charge in [0.25, 0.3) is 0 Å². The van der Waals surface area contributed by atoms with Crippen LogP contribution in [-0.2, 0) is 17.9 Å². The Morgan fingerprint density at radius 3 is 2.38 bits per heavy atom. The van der Waals surface area contributed by atoms with Gasteiger partial charge in [0.05, 0.1) is 18.1 Å². The lowest BCUT2D eigenvalue weighted by Gasteiger charge is -2.18. The van der Waals surface area contributed by atoms with E-state index in [9.17, 15) is 4.79 Å². The molecule has 5 heteroatoms. The molecular weight excluding hydrogens is 398 g/mol. The second-order valence-corrected chi connectivity index (χ2v) is 8.55. The highest BCUT2D eigenvalue weighted by Gasteiger charge is 2.34. The minimum atomic E-state index is 0.0820. The number of benzene rings is 3. The summed E-state index contributed by atoms with van der Waals surface area (Å²) in [7, 11) is 1.66. The summed E-state index contributed by atoms with van der Waals surface area (Å²) in [5.74, 6) is 2.08. The minimum Gasteiger partial charge on any atom is -0.497 e. The van der Waals surface area contributed by atoms with E-state index in [1.54, 1.807) is 7.11 Å². The molecule has 5 rings (SSSR count). The molecule has 0 bridgehead atoms. The third-order valence-electron chi connectivity index (χ3n) is 6.26. The maximum atomic E-state index is 12.9. The van der Waals surface area contributed by atoms with Gasteiger partial charge in [0.1, 0.15) is 11.6 Å². The molecule has 0 radical (unpaired) electrons. The second-order valence-electron chi connectivity index (χ2n) is 8.55. The first-order valence-corrected chi connectivity index (χ1v) is 11.0. The SMILES string of the molecule is COc1ccc(CN2CC(c3nc4ccccc4n3Cc3ccc(C)cc3)CC2=O)cc1. The number of likely N-dealkylation sites (tertiary alicyclic amines) is 1. The standard InChI is InChI=1S/C27H27N3O2/c1-19-7-9-21(10-8-19)17-30-25-6-4-3-5-24(25)28-27(30)22-15-26(31)29(18-22)16-20-11-13-23(32-2)14-12-20/h3-14,22H,15-18H2,1-2H3. The smallest absolute Gasteiger partial charge is 0.223 e. The zero-order valence-corrected chi connectivity index (χ0v) is 18.5. The number of hydrogen-bond donors (Lipinski definition) is 0. The van der Waals surface area contributed by atoms with Gasteiger partial charge in [-0.2, -0.15) is 0 Å². The van der Waals surface area contributed by atoms with Crippen molar-refractivity contribution in [1.29, 1.82) is 0 Å². The molecule has 2 heterocycles. The number of ether oxygens (including phenoxy) is 1. The van der Waals surface area contributed by atoms with Crippen molar-refractivity contribution in [2.75, 3.05) is 13.7 Å². The summed E-state index contributed by atoms with van der Waals surface area (Å²) in [6, 6.07) is 24.8. The van der Waals surface area contributed by atoms with Gasteiger partial charge in [0.2, 0.25) is 5.91 Å². The van der Waals surface area contributed by atoms with Crippen molar-refractivity contribution >= 4 is 16.9 Å². The zero-order chi connectivity index (χ0) is 22.1. The first-order valence-electron chi connectivity index (χ1n) is 11.0.